The Hall–Kier alpha value is -1.42. The Kier molecular flexibility index (Phi) is 1.77. The van der Waals surface area contributed by atoms with Gasteiger partial charge < -0.3 is 4.98 Å². The second-order valence-corrected chi connectivity index (χ2v) is 2.84. The Morgan fingerprint density at radius 2 is 2.31 bits per heavy atom. The van der Waals surface area contributed by atoms with Crippen LogP contribution in [-0.2, 0) is 0 Å². The maximum absolute atomic E-state index is 13.0. The molecule has 66 valence electrons. The molecule has 0 atom stereocenters. The number of nitrogens with one attached hydrogen (secondary N) is 1. The molecule has 0 fully saturated rings. The molecule has 0 radical (unpaired) electrons. The molecule has 0 aliphatic heterocycles. The van der Waals surface area contributed by atoms with Crippen LogP contribution >= 0.6 is 11.6 Å². The highest BCUT2D eigenvalue weighted by Gasteiger charge is 2.11. The second kappa shape index (κ2) is 2.81. The number of nitrogens with zero attached hydrogens (tertiary/aromatic N) is 1. The smallest absolute Gasteiger partial charge is 0.254 e. The van der Waals surface area contributed by atoms with Crippen LogP contribution in [0.5, 0.6) is 0 Å². The van der Waals surface area contributed by atoms with Crippen molar-refractivity contribution in [3.63, 3.8) is 0 Å². The normalized spacial score (nSPS) is 10.6. The number of rotatable bonds is 1. The molecule has 3 nitrogen and oxygen atoms in total. The van der Waals surface area contributed by atoms with Gasteiger partial charge >= 0.3 is 0 Å². The molecule has 2 aromatic rings. The number of aromatic amines is 1. The Morgan fingerprint density at radius 3 is 3.00 bits per heavy atom. The van der Waals surface area contributed by atoms with Crippen LogP contribution in [0.3, 0.4) is 0 Å². The van der Waals surface area contributed by atoms with Gasteiger partial charge in [-0.05, 0) is 23.7 Å². The lowest BCUT2D eigenvalue weighted by molar-refractivity contribution is 0.108. The van der Waals surface area contributed by atoms with Crippen molar-refractivity contribution in [2.75, 3.05) is 0 Å². The van der Waals surface area contributed by atoms with Crippen molar-refractivity contribution in [1.29, 1.82) is 0 Å². The molecule has 2 rings (SSSR count). The maximum Gasteiger partial charge on any atom is 0.254 e. The number of H-pyrrole nitrogens is 1. The van der Waals surface area contributed by atoms with Crippen LogP contribution in [0.1, 0.15) is 10.4 Å². The summed E-state index contributed by atoms with van der Waals surface area (Å²) in [5, 5.41) is -0.630. The van der Waals surface area contributed by atoms with Crippen molar-refractivity contribution in [3.8, 4) is 0 Å². The van der Waals surface area contributed by atoms with Crippen molar-refractivity contribution >= 4 is 27.9 Å². The van der Waals surface area contributed by atoms with Gasteiger partial charge in [-0.2, -0.15) is 0 Å². The molecule has 5 heteroatoms. The summed E-state index contributed by atoms with van der Waals surface area (Å²) in [6.45, 7) is 0. The summed E-state index contributed by atoms with van der Waals surface area (Å²) < 4.78 is 13.0. The van der Waals surface area contributed by atoms with E-state index in [0.717, 1.165) is 0 Å². The topological polar surface area (TPSA) is 45.8 Å². The number of hydrogen-bond donors (Lipinski definition) is 1. The third kappa shape index (κ3) is 1.19. The van der Waals surface area contributed by atoms with E-state index in [1.54, 1.807) is 0 Å². The summed E-state index contributed by atoms with van der Waals surface area (Å²) in [7, 11) is 0. The summed E-state index contributed by atoms with van der Waals surface area (Å²) in [5.41, 5.74) is 0.696. The molecule has 0 bridgehead atoms. The zero-order chi connectivity index (χ0) is 9.42. The monoisotopic (exact) mass is 198 g/mol. The van der Waals surface area contributed by atoms with E-state index < -0.39 is 11.1 Å². The van der Waals surface area contributed by atoms with Gasteiger partial charge in [-0.3, -0.25) is 4.79 Å². The first-order chi connectivity index (χ1) is 6.20. The summed E-state index contributed by atoms with van der Waals surface area (Å²) in [6.07, 6.45) is 1.32. The van der Waals surface area contributed by atoms with E-state index in [9.17, 15) is 9.18 Å². The van der Waals surface area contributed by atoms with Crippen LogP contribution in [-0.4, -0.2) is 15.2 Å². The van der Waals surface area contributed by atoms with E-state index >= 15 is 0 Å². The molecule has 1 heterocycles. The van der Waals surface area contributed by atoms with Crippen molar-refractivity contribution in [2.45, 2.75) is 0 Å². The standard InChI is InChI=1S/C8H4ClFN2O/c9-8(13)4-1-2-5(10)7-6(4)11-3-12-7/h1-3H,(H,11,12). The summed E-state index contributed by atoms with van der Waals surface area (Å²) in [4.78, 5) is 17.2. The molecule has 0 unspecified atom stereocenters. The highest BCUT2D eigenvalue weighted by Crippen LogP contribution is 2.19. The lowest BCUT2D eigenvalue weighted by Gasteiger charge is -1.95. The molecule has 1 N–H and O–H groups in total. The molecule has 0 saturated carbocycles. The molecule has 1 aromatic carbocycles. The van der Waals surface area contributed by atoms with Gasteiger partial charge in [-0.15, -0.1) is 0 Å². The van der Waals surface area contributed by atoms with Crippen LogP contribution in [0.2, 0.25) is 0 Å². The fourth-order valence-electron chi connectivity index (χ4n) is 1.16. The van der Waals surface area contributed by atoms with Crippen LogP contribution < -0.4 is 0 Å². The van der Waals surface area contributed by atoms with Crippen molar-refractivity contribution in [1.82, 2.24) is 9.97 Å². The SMILES string of the molecule is O=C(Cl)c1ccc(F)c2nc[nH]c12. The van der Waals surface area contributed by atoms with E-state index in [2.05, 4.69) is 9.97 Å². The average Bonchev–Trinajstić information content (AvgIpc) is 2.53. The summed E-state index contributed by atoms with van der Waals surface area (Å²) in [5.74, 6) is -0.474. The van der Waals surface area contributed by atoms with Crippen LogP contribution in [0, 0.1) is 5.82 Å². The molecule has 13 heavy (non-hydrogen) atoms. The highest BCUT2D eigenvalue weighted by atomic mass is 35.5. The molecular weight excluding hydrogens is 195 g/mol. The molecular formula is C8H4ClFN2O. The third-order valence-electron chi connectivity index (χ3n) is 1.74. The highest BCUT2D eigenvalue weighted by molar-refractivity contribution is 6.68. The van der Waals surface area contributed by atoms with Gasteiger partial charge in [-0.25, -0.2) is 9.37 Å². The maximum atomic E-state index is 13.0. The van der Waals surface area contributed by atoms with E-state index in [1.165, 1.54) is 18.5 Å². The second-order valence-electron chi connectivity index (χ2n) is 2.49. The van der Waals surface area contributed by atoms with Crippen molar-refractivity contribution in [3.05, 3.63) is 29.8 Å². The minimum atomic E-state index is -0.630. The van der Waals surface area contributed by atoms with Gasteiger partial charge in [0.1, 0.15) is 5.52 Å². The van der Waals surface area contributed by atoms with Gasteiger partial charge in [0.25, 0.3) is 5.24 Å². The molecule has 1 aromatic heterocycles. The zero-order valence-electron chi connectivity index (χ0n) is 6.34. The Bertz CT molecular complexity index is 480. The first-order valence-electron chi connectivity index (χ1n) is 3.51. The summed E-state index contributed by atoms with van der Waals surface area (Å²) >= 11 is 5.28. The van der Waals surface area contributed by atoms with Crippen LogP contribution in [0.15, 0.2) is 18.5 Å². The van der Waals surface area contributed by atoms with Gasteiger partial charge in [0.15, 0.2) is 5.82 Å². The average molecular weight is 199 g/mol. The predicted octanol–water partition coefficient (Wildman–Crippen LogP) is 2.08. The molecule has 0 aliphatic rings. The number of fused-ring (bicyclic) bond motifs is 1. The number of carbonyl (C=O) groups excluding carboxylic acids is 1. The molecule has 0 amide bonds. The Morgan fingerprint density at radius 1 is 1.54 bits per heavy atom. The number of hydrogen-bond acceptors (Lipinski definition) is 2. The van der Waals surface area contributed by atoms with E-state index in [0.29, 0.717) is 5.52 Å². The van der Waals surface area contributed by atoms with Gasteiger partial charge in [0, 0.05) is 0 Å². The number of aromatic nitrogens is 2. The van der Waals surface area contributed by atoms with Gasteiger partial charge in [-0.1, -0.05) is 0 Å². The fourth-order valence-corrected chi connectivity index (χ4v) is 1.32. The molecule has 0 spiro atoms. The number of carbonyl (C=O) groups is 1. The molecule has 0 aliphatic carbocycles. The Labute approximate surface area is 77.5 Å². The van der Waals surface area contributed by atoms with Gasteiger partial charge in [0.2, 0.25) is 0 Å². The lowest BCUT2D eigenvalue weighted by atomic mass is 10.2. The zero-order valence-corrected chi connectivity index (χ0v) is 7.10. The van der Waals surface area contributed by atoms with Gasteiger partial charge in [0.05, 0.1) is 17.4 Å². The minimum absolute atomic E-state index is 0.131. The van der Waals surface area contributed by atoms with Crippen molar-refractivity contribution < 1.29 is 9.18 Å². The third-order valence-corrected chi connectivity index (χ3v) is 1.95. The predicted molar refractivity (Wildman–Crippen MR) is 46.2 cm³/mol. The van der Waals surface area contributed by atoms with E-state index in [-0.39, 0.29) is 11.1 Å². The quantitative estimate of drug-likeness (QED) is 0.713. The van der Waals surface area contributed by atoms with Crippen LogP contribution in [0.4, 0.5) is 4.39 Å². The Balaban J connectivity index is 2.86. The fraction of sp³-hybridized carbons (Fsp3) is 0. The number of imidazole rings is 1. The van der Waals surface area contributed by atoms with E-state index in [4.69, 9.17) is 11.6 Å². The first-order valence-corrected chi connectivity index (χ1v) is 3.89. The number of halogens is 2. The first kappa shape index (κ1) is 8.19. The summed E-state index contributed by atoms with van der Waals surface area (Å²) in [6, 6.07) is 2.49. The van der Waals surface area contributed by atoms with Crippen molar-refractivity contribution in [2.24, 2.45) is 0 Å². The van der Waals surface area contributed by atoms with E-state index in [1.807, 2.05) is 0 Å². The number of benzene rings is 1. The van der Waals surface area contributed by atoms with Crippen LogP contribution in [0.25, 0.3) is 11.0 Å². The molecule has 0 saturated heterocycles. The largest absolute Gasteiger partial charge is 0.344 e. The lowest BCUT2D eigenvalue weighted by Crippen LogP contribution is -1.91. The minimum Gasteiger partial charge on any atom is -0.344 e.